The zero-order chi connectivity index (χ0) is 57.4. The van der Waals surface area contributed by atoms with Gasteiger partial charge in [0.2, 0.25) is 0 Å². The number of hydrogen-bond acceptors (Lipinski definition) is 23. The zero-order valence-electron chi connectivity index (χ0n) is 46.6. The fourth-order valence-electron chi connectivity index (χ4n) is 16.3. The van der Waals surface area contributed by atoms with Crippen LogP contribution in [0.15, 0.2) is 11.6 Å². The van der Waals surface area contributed by atoms with Gasteiger partial charge in [-0.3, -0.25) is 4.79 Å². The SMILES string of the molecule is CC(=O)OCC1OC(OC2C(OC3CCC4(C)C(CCC5(C)C4CC(O)C4C(C(C)(CCC=C(C)C)OC6OC(CO)C(O)C(O)C6OC6OC(CO)C(O)C6O)CCC45C)C3(C)C)OC(CO)C(O)C2O)C(O)C(O)C1O. The molecular formula is C55H92O23. The monoisotopic (exact) mass is 1120 g/mol. The van der Waals surface area contributed by atoms with Gasteiger partial charge in [-0.2, -0.15) is 0 Å². The van der Waals surface area contributed by atoms with Crippen molar-refractivity contribution in [3.63, 3.8) is 0 Å². The lowest BCUT2D eigenvalue weighted by molar-refractivity contribution is -0.378. The average Bonchev–Trinajstić information content (AvgIpc) is 3.60. The molecule has 4 aliphatic heterocycles. The van der Waals surface area contributed by atoms with E-state index in [2.05, 4.69) is 40.7 Å². The summed E-state index contributed by atoms with van der Waals surface area (Å²) < 4.78 is 54.9. The van der Waals surface area contributed by atoms with Crippen molar-refractivity contribution in [3.8, 4) is 0 Å². The number of allylic oxidation sites excluding steroid dienone is 2. The quantitative estimate of drug-likeness (QED) is 0.0472. The molecule has 4 saturated carbocycles. The van der Waals surface area contributed by atoms with Crippen molar-refractivity contribution in [2.24, 2.45) is 45.3 Å². The lowest BCUT2D eigenvalue weighted by atomic mass is 9.35. The molecule has 0 bridgehead atoms. The number of rotatable bonds is 17. The molecule has 4 aliphatic carbocycles. The predicted molar refractivity (Wildman–Crippen MR) is 270 cm³/mol. The van der Waals surface area contributed by atoms with Crippen molar-refractivity contribution < 1.29 is 114 Å². The summed E-state index contributed by atoms with van der Waals surface area (Å²) in [4.78, 5) is 11.6. The van der Waals surface area contributed by atoms with Gasteiger partial charge in [-0.1, -0.05) is 46.3 Å². The van der Waals surface area contributed by atoms with E-state index in [4.69, 9.17) is 42.6 Å². The molecule has 8 rings (SSSR count). The number of ether oxygens (including phenoxy) is 9. The summed E-state index contributed by atoms with van der Waals surface area (Å²) >= 11 is 0. The Morgan fingerprint density at radius 1 is 0.577 bits per heavy atom. The van der Waals surface area contributed by atoms with E-state index in [9.17, 15) is 71.2 Å². The first-order valence-corrected chi connectivity index (χ1v) is 28.2. The summed E-state index contributed by atoms with van der Waals surface area (Å²) in [5.41, 5.74) is -1.65. The van der Waals surface area contributed by atoms with Gasteiger partial charge < -0.3 is 109 Å². The van der Waals surface area contributed by atoms with Crippen LogP contribution in [0.4, 0.5) is 0 Å². The Labute approximate surface area is 456 Å². The number of carbonyl (C=O) groups excluding carboxylic acids is 1. The van der Waals surface area contributed by atoms with Crippen LogP contribution in [0.2, 0.25) is 0 Å². The number of aliphatic hydroxyl groups excluding tert-OH is 13. The van der Waals surface area contributed by atoms with Crippen molar-refractivity contribution in [1.29, 1.82) is 0 Å². The third-order valence-corrected chi connectivity index (χ3v) is 20.8. The second-order valence-corrected chi connectivity index (χ2v) is 25.8. The van der Waals surface area contributed by atoms with E-state index in [1.54, 1.807) is 0 Å². The van der Waals surface area contributed by atoms with Gasteiger partial charge in [0, 0.05) is 6.92 Å². The predicted octanol–water partition coefficient (Wildman–Crippen LogP) is -0.993. The van der Waals surface area contributed by atoms with Crippen molar-refractivity contribution in [3.05, 3.63) is 11.6 Å². The maximum Gasteiger partial charge on any atom is 0.302 e. The Bertz CT molecular complexity index is 2060. The van der Waals surface area contributed by atoms with E-state index in [0.717, 1.165) is 31.8 Å². The van der Waals surface area contributed by atoms with Crippen LogP contribution in [-0.4, -0.2) is 233 Å². The molecule has 4 heterocycles. The van der Waals surface area contributed by atoms with Crippen LogP contribution < -0.4 is 0 Å². The van der Waals surface area contributed by atoms with Crippen LogP contribution in [0.5, 0.6) is 0 Å². The van der Waals surface area contributed by atoms with Gasteiger partial charge in [-0.05, 0) is 124 Å². The summed E-state index contributed by atoms with van der Waals surface area (Å²) in [6.07, 6.45) is -23.0. The second kappa shape index (κ2) is 23.8. The Morgan fingerprint density at radius 2 is 1.08 bits per heavy atom. The third kappa shape index (κ3) is 11.0. The average molecular weight is 1120 g/mol. The van der Waals surface area contributed by atoms with Gasteiger partial charge in [0.05, 0.1) is 37.6 Å². The minimum absolute atomic E-state index is 0.0242. The standard InChI is InChI=1S/C55H92O23/c1-24(2)11-10-15-55(9,78-50-46(42(67)37(62)29(21-57)73-50)77-47-43(68)38(63)30(22-58)71-47)26-12-17-54(8)35(26)27(60)19-33-52(6)16-14-34(51(4,5)32(52)13-18-53(33,54)7)75-49-45(41(66)36(61)28(20-56)72-49)76-48-44(69)40(65)39(64)31(74-48)23-70-25(3)59/h11,26-50,56-58,60-69H,10,12-23H2,1-9H3. The van der Waals surface area contributed by atoms with E-state index in [1.807, 2.05) is 20.8 Å². The number of fused-ring (bicyclic) bond motifs is 5. The summed E-state index contributed by atoms with van der Waals surface area (Å²) in [7, 11) is 0. The molecule has 23 heteroatoms. The maximum absolute atomic E-state index is 12.9. The lowest BCUT2D eigenvalue weighted by Crippen LogP contribution is -2.68. The molecule has 0 aromatic heterocycles. The summed E-state index contributed by atoms with van der Waals surface area (Å²) in [6.45, 7) is 15.9. The first-order chi connectivity index (χ1) is 36.5. The third-order valence-electron chi connectivity index (χ3n) is 20.8. The summed E-state index contributed by atoms with van der Waals surface area (Å²) in [6, 6.07) is 0. The van der Waals surface area contributed by atoms with E-state index < -0.39 is 178 Å². The minimum atomic E-state index is -1.85. The Balaban J connectivity index is 1.04. The highest BCUT2D eigenvalue weighted by Crippen LogP contribution is 2.76. The van der Waals surface area contributed by atoms with Crippen molar-refractivity contribution in [2.75, 3.05) is 26.4 Å². The molecule has 0 amide bonds. The van der Waals surface area contributed by atoms with Gasteiger partial charge in [-0.15, -0.1) is 0 Å². The fourth-order valence-corrected chi connectivity index (χ4v) is 16.3. The molecule has 78 heavy (non-hydrogen) atoms. The molecule has 0 aromatic carbocycles. The van der Waals surface area contributed by atoms with Gasteiger partial charge >= 0.3 is 5.97 Å². The van der Waals surface area contributed by atoms with Crippen LogP contribution in [0.1, 0.15) is 120 Å². The summed E-state index contributed by atoms with van der Waals surface area (Å²) in [5, 5.41) is 142. The summed E-state index contributed by atoms with van der Waals surface area (Å²) in [5.74, 6) is -1.20. The van der Waals surface area contributed by atoms with E-state index in [0.29, 0.717) is 38.5 Å². The van der Waals surface area contributed by atoms with E-state index >= 15 is 0 Å². The molecule has 4 saturated heterocycles. The van der Waals surface area contributed by atoms with Crippen LogP contribution in [0.3, 0.4) is 0 Å². The second-order valence-electron chi connectivity index (χ2n) is 25.8. The van der Waals surface area contributed by atoms with Crippen LogP contribution in [0.25, 0.3) is 0 Å². The molecule has 450 valence electrons. The first-order valence-electron chi connectivity index (χ1n) is 28.2. The molecule has 0 spiro atoms. The largest absolute Gasteiger partial charge is 0.463 e. The van der Waals surface area contributed by atoms with Gasteiger partial charge in [0.25, 0.3) is 0 Å². The fraction of sp³-hybridized carbons (Fsp3) is 0.945. The molecule has 0 aromatic rings. The number of esters is 1. The highest BCUT2D eigenvalue weighted by atomic mass is 16.8. The smallest absolute Gasteiger partial charge is 0.302 e. The van der Waals surface area contributed by atoms with E-state index in [-0.39, 0.29) is 34.5 Å². The van der Waals surface area contributed by atoms with Crippen LogP contribution in [-0.2, 0) is 47.4 Å². The first kappa shape index (κ1) is 62.4. The highest BCUT2D eigenvalue weighted by Gasteiger charge is 2.72. The topological polar surface area (TPSA) is 363 Å². The van der Waals surface area contributed by atoms with Crippen molar-refractivity contribution in [1.82, 2.24) is 0 Å². The van der Waals surface area contributed by atoms with Crippen molar-refractivity contribution >= 4 is 5.97 Å². The van der Waals surface area contributed by atoms with Gasteiger partial charge in [-0.25, -0.2) is 0 Å². The van der Waals surface area contributed by atoms with Crippen LogP contribution >= 0.6 is 0 Å². The molecule has 8 aliphatic rings. The van der Waals surface area contributed by atoms with E-state index in [1.165, 1.54) is 0 Å². The molecule has 13 N–H and O–H groups in total. The number of carbonyl (C=O) groups is 1. The van der Waals surface area contributed by atoms with Gasteiger partial charge in [0.15, 0.2) is 25.2 Å². The van der Waals surface area contributed by atoms with Gasteiger partial charge in [0.1, 0.15) is 98.2 Å². The maximum atomic E-state index is 12.9. The molecule has 29 atom stereocenters. The van der Waals surface area contributed by atoms with Crippen LogP contribution in [0, 0.1) is 45.3 Å². The molecule has 8 fully saturated rings. The highest BCUT2D eigenvalue weighted by molar-refractivity contribution is 5.65. The number of hydrogen-bond donors (Lipinski definition) is 13. The normalized spacial score (nSPS) is 50.9. The lowest BCUT2D eigenvalue weighted by Gasteiger charge is -2.71. The molecule has 23 nitrogen and oxygen atoms in total. The Hall–Kier alpha value is -1.63. The Morgan fingerprint density at radius 3 is 1.64 bits per heavy atom. The molecule has 0 radical (unpaired) electrons. The Kier molecular flexibility index (Phi) is 19.0. The number of aliphatic hydroxyl groups is 13. The zero-order valence-corrected chi connectivity index (χ0v) is 46.6. The minimum Gasteiger partial charge on any atom is -0.463 e. The molecular weight excluding hydrogens is 1030 g/mol. The van der Waals surface area contributed by atoms with Crippen molar-refractivity contribution in [2.45, 2.75) is 255 Å². The molecule has 29 unspecified atom stereocenters.